The number of hydrogen-bond donors (Lipinski definition) is 2. The Kier molecular flexibility index (Phi) is 3.82. The average Bonchev–Trinajstić information content (AvgIpc) is 3.27. The number of nitrogens with zero attached hydrogens (tertiary/aromatic N) is 6. The van der Waals surface area contributed by atoms with Gasteiger partial charge in [0.25, 0.3) is 0 Å². The summed E-state index contributed by atoms with van der Waals surface area (Å²) in [5, 5.41) is 21.2. The van der Waals surface area contributed by atoms with Crippen LogP contribution in [0.1, 0.15) is 12.1 Å². The molecule has 0 radical (unpaired) electrons. The zero-order valence-electron chi connectivity index (χ0n) is 12.7. The maximum atomic E-state index is 10.8. The smallest absolute Gasteiger partial charge is 0.134 e. The predicted molar refractivity (Wildman–Crippen MR) is 88.7 cm³/mol. The van der Waals surface area contributed by atoms with Crippen LogP contribution in [-0.4, -0.2) is 68.2 Å². The van der Waals surface area contributed by atoms with Crippen LogP contribution in [0.4, 0.5) is 11.6 Å². The highest BCUT2D eigenvalue weighted by Crippen LogP contribution is 2.33. The fourth-order valence-electron chi connectivity index (χ4n) is 3.10. The van der Waals surface area contributed by atoms with E-state index in [0.29, 0.717) is 18.7 Å². The van der Waals surface area contributed by atoms with Crippen LogP contribution < -0.4 is 9.80 Å². The molecule has 122 valence electrons. The highest BCUT2D eigenvalue weighted by Gasteiger charge is 2.40. The van der Waals surface area contributed by atoms with E-state index in [-0.39, 0.29) is 0 Å². The second-order valence-electron chi connectivity index (χ2n) is 5.89. The number of β-amino-alcohol motifs (C(OH)–C–C–N with tert-alkyl or cyclic N) is 1. The van der Waals surface area contributed by atoms with Crippen LogP contribution in [0.3, 0.4) is 0 Å². The molecule has 9 heteroatoms. The highest BCUT2D eigenvalue weighted by molar-refractivity contribution is 7.99. The van der Waals surface area contributed by atoms with Crippen LogP contribution in [0.15, 0.2) is 18.6 Å². The van der Waals surface area contributed by atoms with Gasteiger partial charge in [0.1, 0.15) is 29.3 Å². The molecule has 23 heavy (non-hydrogen) atoms. The van der Waals surface area contributed by atoms with Gasteiger partial charge in [-0.1, -0.05) is 0 Å². The van der Waals surface area contributed by atoms with E-state index in [1.54, 1.807) is 12.5 Å². The summed E-state index contributed by atoms with van der Waals surface area (Å²) in [4.78, 5) is 13.2. The summed E-state index contributed by atoms with van der Waals surface area (Å²) in [6, 6.07) is 2.02. The lowest BCUT2D eigenvalue weighted by molar-refractivity contribution is 0.0559. The zero-order chi connectivity index (χ0) is 15.7. The molecule has 2 aliphatic rings. The largest absolute Gasteiger partial charge is 0.381 e. The van der Waals surface area contributed by atoms with Gasteiger partial charge in [0, 0.05) is 43.6 Å². The molecule has 0 spiro atoms. The maximum Gasteiger partial charge on any atom is 0.134 e. The van der Waals surface area contributed by atoms with Gasteiger partial charge in [-0.2, -0.15) is 27.2 Å². The normalized spacial score (nSPS) is 25.1. The molecule has 4 rings (SSSR count). The van der Waals surface area contributed by atoms with E-state index in [1.165, 1.54) is 0 Å². The topological polar surface area (TPSA) is 94.1 Å². The molecule has 4 heterocycles. The van der Waals surface area contributed by atoms with Crippen LogP contribution in [-0.2, 0) is 5.60 Å². The van der Waals surface area contributed by atoms with Crippen molar-refractivity contribution in [2.45, 2.75) is 12.0 Å². The van der Waals surface area contributed by atoms with Gasteiger partial charge < -0.3 is 14.9 Å². The van der Waals surface area contributed by atoms with Gasteiger partial charge >= 0.3 is 0 Å². The van der Waals surface area contributed by atoms with Crippen LogP contribution in [0.2, 0.25) is 0 Å². The van der Waals surface area contributed by atoms with E-state index >= 15 is 0 Å². The Morgan fingerprint density at radius 3 is 2.65 bits per heavy atom. The lowest BCUT2D eigenvalue weighted by Gasteiger charge is -2.28. The van der Waals surface area contributed by atoms with E-state index in [1.807, 2.05) is 17.8 Å². The summed E-state index contributed by atoms with van der Waals surface area (Å²) in [5.41, 5.74) is -0.387. The van der Waals surface area contributed by atoms with Crippen LogP contribution in [0, 0.1) is 0 Å². The number of hydrogen-bond acceptors (Lipinski definition) is 8. The number of aromatic nitrogens is 5. The fourth-order valence-corrected chi connectivity index (χ4v) is 4.00. The molecule has 2 N–H and O–H groups in total. The fraction of sp³-hybridized carbons (Fsp3) is 0.571. The number of rotatable bonds is 3. The predicted octanol–water partition coefficient (Wildman–Crippen LogP) is 0.246. The standard InChI is InChI=1S/C14H19N7OS/c22-14(11-8-17-19-18-11)1-2-21(9-14)13-7-12(15-10-16-13)20-3-5-23-6-4-20/h7-8,10,22H,1-6,9H2,(H,17,18,19). The van der Waals surface area contributed by atoms with Crippen molar-refractivity contribution in [3.8, 4) is 0 Å². The monoisotopic (exact) mass is 333 g/mol. The Morgan fingerprint density at radius 2 is 1.91 bits per heavy atom. The number of aliphatic hydroxyl groups is 1. The summed E-state index contributed by atoms with van der Waals surface area (Å²) in [6.07, 6.45) is 3.80. The van der Waals surface area contributed by atoms with Gasteiger partial charge in [0.2, 0.25) is 0 Å². The van der Waals surface area contributed by atoms with E-state index in [9.17, 15) is 5.11 Å². The lowest BCUT2D eigenvalue weighted by atomic mass is 10.0. The first kappa shape index (κ1) is 14.7. The second kappa shape index (κ2) is 5.97. The Balaban J connectivity index is 1.52. The van der Waals surface area contributed by atoms with Crippen molar-refractivity contribution in [3.63, 3.8) is 0 Å². The first-order valence-corrected chi connectivity index (χ1v) is 8.88. The molecule has 0 aliphatic carbocycles. The summed E-state index contributed by atoms with van der Waals surface area (Å²) < 4.78 is 0. The first-order valence-electron chi connectivity index (χ1n) is 7.73. The Hall–Kier alpha value is -1.87. The second-order valence-corrected chi connectivity index (χ2v) is 7.12. The van der Waals surface area contributed by atoms with Crippen molar-refractivity contribution in [3.05, 3.63) is 24.3 Å². The van der Waals surface area contributed by atoms with Crippen LogP contribution >= 0.6 is 11.8 Å². The molecular formula is C14H19N7OS. The van der Waals surface area contributed by atoms with Gasteiger partial charge in [-0.25, -0.2) is 9.97 Å². The third-order valence-corrected chi connectivity index (χ3v) is 5.38. The summed E-state index contributed by atoms with van der Waals surface area (Å²) >= 11 is 1.98. The molecule has 2 aromatic rings. The lowest BCUT2D eigenvalue weighted by Crippen LogP contribution is -2.34. The Morgan fingerprint density at radius 1 is 1.13 bits per heavy atom. The molecule has 0 aromatic carbocycles. The van der Waals surface area contributed by atoms with Crippen LogP contribution in [0.25, 0.3) is 0 Å². The van der Waals surface area contributed by atoms with Gasteiger partial charge in [-0.3, -0.25) is 0 Å². The summed E-state index contributed by atoms with van der Waals surface area (Å²) in [7, 11) is 0. The molecule has 2 aliphatic heterocycles. The third-order valence-electron chi connectivity index (χ3n) is 4.44. The molecular weight excluding hydrogens is 314 g/mol. The molecule has 1 atom stereocenters. The minimum atomic E-state index is -0.972. The van der Waals surface area contributed by atoms with Gasteiger partial charge in [-0.15, -0.1) is 0 Å². The molecule has 0 saturated carbocycles. The molecule has 8 nitrogen and oxygen atoms in total. The van der Waals surface area contributed by atoms with Crippen molar-refractivity contribution >= 4 is 23.4 Å². The van der Waals surface area contributed by atoms with Crippen molar-refractivity contribution in [1.29, 1.82) is 0 Å². The molecule has 2 aromatic heterocycles. The van der Waals surface area contributed by atoms with E-state index < -0.39 is 5.60 Å². The Bertz CT molecular complexity index is 661. The van der Waals surface area contributed by atoms with E-state index in [4.69, 9.17) is 0 Å². The molecule has 1 unspecified atom stereocenters. The number of aromatic amines is 1. The number of nitrogens with one attached hydrogen (secondary N) is 1. The van der Waals surface area contributed by atoms with Gasteiger partial charge in [-0.05, 0) is 0 Å². The highest BCUT2D eigenvalue weighted by atomic mass is 32.2. The summed E-state index contributed by atoms with van der Waals surface area (Å²) in [5.74, 6) is 4.09. The quantitative estimate of drug-likeness (QED) is 0.825. The minimum Gasteiger partial charge on any atom is -0.381 e. The number of anilines is 2. The SMILES string of the molecule is OC1(c2cn[nH]n2)CCN(c2cc(N3CCSCC3)ncn2)C1. The maximum absolute atomic E-state index is 10.8. The molecule has 2 fully saturated rings. The average molecular weight is 333 g/mol. The van der Waals surface area contributed by atoms with Crippen molar-refractivity contribution in [2.24, 2.45) is 0 Å². The van der Waals surface area contributed by atoms with Crippen molar-refractivity contribution < 1.29 is 5.11 Å². The van der Waals surface area contributed by atoms with Crippen LogP contribution in [0.5, 0.6) is 0 Å². The number of thioether (sulfide) groups is 1. The van der Waals surface area contributed by atoms with Gasteiger partial charge in [0.05, 0.1) is 12.7 Å². The van der Waals surface area contributed by atoms with Crippen molar-refractivity contribution in [1.82, 2.24) is 25.4 Å². The van der Waals surface area contributed by atoms with Gasteiger partial charge in [0.15, 0.2) is 0 Å². The van der Waals surface area contributed by atoms with Crippen molar-refractivity contribution in [2.75, 3.05) is 47.5 Å². The zero-order valence-corrected chi connectivity index (χ0v) is 13.5. The minimum absolute atomic E-state index is 0.464. The summed E-state index contributed by atoms with van der Waals surface area (Å²) in [6.45, 7) is 3.23. The Labute approximate surface area is 138 Å². The molecule has 0 bridgehead atoms. The number of H-pyrrole nitrogens is 1. The third kappa shape index (κ3) is 2.86. The van der Waals surface area contributed by atoms with E-state index in [2.05, 4.69) is 35.2 Å². The molecule has 2 saturated heterocycles. The molecule has 0 amide bonds. The first-order chi connectivity index (χ1) is 11.2. The van der Waals surface area contributed by atoms with E-state index in [0.717, 1.165) is 42.8 Å².